The van der Waals surface area contributed by atoms with Crippen LogP contribution < -0.4 is 10.2 Å². The van der Waals surface area contributed by atoms with Crippen LogP contribution in [0.1, 0.15) is 21.6 Å². The van der Waals surface area contributed by atoms with Gasteiger partial charge in [0, 0.05) is 37.6 Å². The molecular formula is C21H22ClN5O. The van der Waals surface area contributed by atoms with E-state index in [0.29, 0.717) is 17.3 Å². The Morgan fingerprint density at radius 2 is 1.71 bits per heavy atom. The number of benzene rings is 1. The van der Waals surface area contributed by atoms with Crippen molar-refractivity contribution in [2.24, 2.45) is 0 Å². The van der Waals surface area contributed by atoms with Gasteiger partial charge in [-0.2, -0.15) is 0 Å². The molecule has 0 spiro atoms. The summed E-state index contributed by atoms with van der Waals surface area (Å²) in [6, 6.07) is 11.6. The fraction of sp³-hybridized carbons (Fsp3) is 0.238. The molecule has 0 aliphatic heterocycles. The summed E-state index contributed by atoms with van der Waals surface area (Å²) in [5, 5.41) is 3.57. The van der Waals surface area contributed by atoms with Gasteiger partial charge in [0.2, 0.25) is 0 Å². The molecule has 3 aromatic rings. The Labute approximate surface area is 169 Å². The fourth-order valence-electron chi connectivity index (χ4n) is 2.66. The second-order valence-corrected chi connectivity index (χ2v) is 6.86. The molecule has 1 N–H and O–H groups in total. The molecule has 1 aromatic carbocycles. The monoisotopic (exact) mass is 395 g/mol. The molecule has 0 saturated heterocycles. The first-order valence-electron chi connectivity index (χ1n) is 9.06. The Balaban J connectivity index is 1.47. The van der Waals surface area contributed by atoms with E-state index in [1.807, 2.05) is 48.3 Å². The highest BCUT2D eigenvalue weighted by Crippen LogP contribution is 2.10. The Morgan fingerprint density at radius 1 is 1.00 bits per heavy atom. The lowest BCUT2D eigenvalue weighted by atomic mass is 10.1. The minimum absolute atomic E-state index is 0.229. The summed E-state index contributed by atoms with van der Waals surface area (Å²) in [4.78, 5) is 26.9. The van der Waals surface area contributed by atoms with Gasteiger partial charge in [0.15, 0.2) is 0 Å². The Kier molecular flexibility index (Phi) is 6.92. The summed E-state index contributed by atoms with van der Waals surface area (Å²) in [5.74, 6) is 0.499. The summed E-state index contributed by atoms with van der Waals surface area (Å²) < 4.78 is 0. The highest BCUT2D eigenvalue weighted by molar-refractivity contribution is 6.30. The van der Waals surface area contributed by atoms with Crippen LogP contribution in [0.3, 0.4) is 0 Å². The van der Waals surface area contributed by atoms with E-state index in [4.69, 9.17) is 11.6 Å². The second-order valence-electron chi connectivity index (χ2n) is 6.42. The van der Waals surface area contributed by atoms with Crippen molar-refractivity contribution in [3.8, 4) is 0 Å². The molecule has 0 aliphatic rings. The van der Waals surface area contributed by atoms with E-state index >= 15 is 0 Å². The third-order valence-corrected chi connectivity index (χ3v) is 4.61. The van der Waals surface area contributed by atoms with Crippen molar-refractivity contribution in [3.05, 3.63) is 83.0 Å². The van der Waals surface area contributed by atoms with E-state index in [1.165, 1.54) is 11.8 Å². The van der Waals surface area contributed by atoms with Crippen LogP contribution in [-0.4, -0.2) is 41.0 Å². The van der Waals surface area contributed by atoms with Crippen molar-refractivity contribution in [2.45, 2.75) is 12.8 Å². The lowest BCUT2D eigenvalue weighted by Crippen LogP contribution is -2.27. The van der Waals surface area contributed by atoms with Crippen molar-refractivity contribution >= 4 is 23.3 Å². The van der Waals surface area contributed by atoms with Gasteiger partial charge in [-0.1, -0.05) is 23.7 Å². The topological polar surface area (TPSA) is 71.0 Å². The van der Waals surface area contributed by atoms with Crippen LogP contribution in [0.15, 0.2) is 61.2 Å². The molecule has 2 aromatic heterocycles. The summed E-state index contributed by atoms with van der Waals surface area (Å²) in [6.45, 7) is 1.32. The molecule has 0 aliphatic carbocycles. The number of hydrogen-bond acceptors (Lipinski definition) is 5. The highest BCUT2D eigenvalue weighted by Gasteiger charge is 2.09. The normalized spacial score (nSPS) is 10.5. The van der Waals surface area contributed by atoms with Crippen LogP contribution >= 0.6 is 11.6 Å². The van der Waals surface area contributed by atoms with Gasteiger partial charge in [-0.25, -0.2) is 9.97 Å². The molecule has 0 saturated carbocycles. The van der Waals surface area contributed by atoms with Crippen molar-refractivity contribution in [2.75, 3.05) is 25.0 Å². The number of carbonyl (C=O) groups is 1. The summed E-state index contributed by atoms with van der Waals surface area (Å²) in [6.07, 6.45) is 8.32. The van der Waals surface area contributed by atoms with Gasteiger partial charge in [0.05, 0.1) is 12.4 Å². The molecule has 3 rings (SSSR count). The number of pyridine rings is 1. The standard InChI is InChI=1S/C21H22ClN5O/c1-27(13-9-17-6-10-23-11-7-17)20-15-25-19(14-26-20)21(28)24-12-8-16-2-4-18(22)5-3-16/h2-7,10-11,14-15H,8-9,12-13H2,1H3,(H,24,28). The lowest BCUT2D eigenvalue weighted by Gasteiger charge is -2.17. The smallest absolute Gasteiger partial charge is 0.271 e. The van der Waals surface area contributed by atoms with Gasteiger partial charge in [-0.3, -0.25) is 9.78 Å². The zero-order valence-corrected chi connectivity index (χ0v) is 16.4. The number of amides is 1. The van der Waals surface area contributed by atoms with Crippen LogP contribution in [0.5, 0.6) is 0 Å². The van der Waals surface area contributed by atoms with Crippen LogP contribution in [0, 0.1) is 0 Å². The molecule has 1 amide bonds. The van der Waals surface area contributed by atoms with Gasteiger partial charge in [0.1, 0.15) is 11.5 Å². The molecular weight excluding hydrogens is 374 g/mol. The number of likely N-dealkylation sites (N-methyl/N-ethyl adjacent to an activating group) is 1. The van der Waals surface area contributed by atoms with E-state index in [-0.39, 0.29) is 5.91 Å². The molecule has 144 valence electrons. The first-order valence-corrected chi connectivity index (χ1v) is 9.44. The van der Waals surface area contributed by atoms with Crippen LogP contribution in [0.25, 0.3) is 0 Å². The molecule has 0 fully saturated rings. The molecule has 0 unspecified atom stereocenters. The average Bonchev–Trinajstić information content (AvgIpc) is 2.74. The minimum atomic E-state index is -0.229. The largest absolute Gasteiger partial charge is 0.358 e. The van der Waals surface area contributed by atoms with Gasteiger partial charge in [-0.05, 0) is 48.2 Å². The van der Waals surface area contributed by atoms with Crippen molar-refractivity contribution in [1.82, 2.24) is 20.3 Å². The first-order chi connectivity index (χ1) is 13.6. The predicted octanol–water partition coefficient (Wildman–Crippen LogP) is 3.18. The predicted molar refractivity (Wildman–Crippen MR) is 111 cm³/mol. The third-order valence-electron chi connectivity index (χ3n) is 4.36. The molecule has 2 heterocycles. The number of hydrogen-bond donors (Lipinski definition) is 1. The maximum absolute atomic E-state index is 12.2. The first kappa shape index (κ1) is 19.8. The number of halogens is 1. The summed E-state index contributed by atoms with van der Waals surface area (Å²) in [5.41, 5.74) is 2.64. The maximum atomic E-state index is 12.2. The number of carbonyl (C=O) groups excluding carboxylic acids is 1. The number of aromatic nitrogens is 3. The van der Waals surface area contributed by atoms with E-state index in [9.17, 15) is 4.79 Å². The molecule has 0 atom stereocenters. The SMILES string of the molecule is CN(CCc1ccncc1)c1cnc(C(=O)NCCc2ccc(Cl)cc2)cn1. The van der Waals surface area contributed by atoms with Crippen LogP contribution in [0.2, 0.25) is 5.02 Å². The molecule has 0 radical (unpaired) electrons. The van der Waals surface area contributed by atoms with Crippen LogP contribution in [-0.2, 0) is 12.8 Å². The maximum Gasteiger partial charge on any atom is 0.271 e. The van der Waals surface area contributed by atoms with E-state index in [0.717, 1.165) is 30.8 Å². The third kappa shape index (κ3) is 5.76. The fourth-order valence-corrected chi connectivity index (χ4v) is 2.78. The molecule has 0 bridgehead atoms. The van der Waals surface area contributed by atoms with Gasteiger partial charge in [-0.15, -0.1) is 0 Å². The van der Waals surface area contributed by atoms with Crippen molar-refractivity contribution < 1.29 is 4.79 Å². The second kappa shape index (κ2) is 9.80. The minimum Gasteiger partial charge on any atom is -0.358 e. The number of nitrogens with zero attached hydrogens (tertiary/aromatic N) is 4. The Morgan fingerprint density at radius 3 is 2.39 bits per heavy atom. The number of rotatable bonds is 8. The number of nitrogens with one attached hydrogen (secondary N) is 1. The Hall–Kier alpha value is -2.99. The van der Waals surface area contributed by atoms with Gasteiger partial charge >= 0.3 is 0 Å². The van der Waals surface area contributed by atoms with Gasteiger partial charge < -0.3 is 10.2 Å². The van der Waals surface area contributed by atoms with E-state index < -0.39 is 0 Å². The zero-order chi connectivity index (χ0) is 19.8. The van der Waals surface area contributed by atoms with E-state index in [1.54, 1.807) is 18.6 Å². The molecule has 28 heavy (non-hydrogen) atoms. The Bertz CT molecular complexity index is 885. The van der Waals surface area contributed by atoms with E-state index in [2.05, 4.69) is 20.3 Å². The summed E-state index contributed by atoms with van der Waals surface area (Å²) >= 11 is 5.87. The van der Waals surface area contributed by atoms with Gasteiger partial charge in [0.25, 0.3) is 5.91 Å². The van der Waals surface area contributed by atoms with Crippen molar-refractivity contribution in [3.63, 3.8) is 0 Å². The average molecular weight is 396 g/mol. The van der Waals surface area contributed by atoms with Crippen molar-refractivity contribution in [1.29, 1.82) is 0 Å². The number of anilines is 1. The molecule has 6 nitrogen and oxygen atoms in total. The zero-order valence-electron chi connectivity index (χ0n) is 15.7. The lowest BCUT2D eigenvalue weighted by molar-refractivity contribution is 0.0949. The quantitative estimate of drug-likeness (QED) is 0.634. The van der Waals surface area contributed by atoms with Crippen LogP contribution in [0.4, 0.5) is 5.82 Å². The molecule has 7 heteroatoms. The highest BCUT2D eigenvalue weighted by atomic mass is 35.5. The summed E-state index contributed by atoms with van der Waals surface area (Å²) in [7, 11) is 1.96.